The lowest BCUT2D eigenvalue weighted by Crippen LogP contribution is -2.20. The van der Waals surface area contributed by atoms with Crippen LogP contribution in [-0.4, -0.2) is 16.8 Å². The zero-order valence-corrected chi connectivity index (χ0v) is 8.23. The molecule has 0 saturated heterocycles. The molecule has 0 bridgehead atoms. The highest BCUT2D eigenvalue weighted by molar-refractivity contribution is 5.81. The smallest absolute Gasteiger partial charge is 0.138 e. The van der Waals surface area contributed by atoms with Crippen molar-refractivity contribution in [2.24, 2.45) is 5.73 Å². The Labute approximate surface area is 83.3 Å². The van der Waals surface area contributed by atoms with E-state index in [0.717, 1.165) is 5.56 Å². The van der Waals surface area contributed by atoms with Crippen LogP contribution in [0.25, 0.3) is 0 Å². The molecule has 0 amide bonds. The summed E-state index contributed by atoms with van der Waals surface area (Å²) in [7, 11) is 0. The van der Waals surface area contributed by atoms with Crippen molar-refractivity contribution in [2.75, 3.05) is 5.73 Å². The van der Waals surface area contributed by atoms with Crippen LogP contribution < -0.4 is 11.5 Å². The van der Waals surface area contributed by atoms with Gasteiger partial charge in [0, 0.05) is 25.1 Å². The van der Waals surface area contributed by atoms with Crippen LogP contribution in [0.3, 0.4) is 0 Å². The van der Waals surface area contributed by atoms with Crippen LogP contribution in [0.5, 0.6) is 0 Å². The predicted octanol–water partition coefficient (Wildman–Crippen LogP) is 0.513. The van der Waals surface area contributed by atoms with E-state index in [9.17, 15) is 4.79 Å². The number of carbonyl (C=O) groups excluding carboxylic acids is 1. The van der Waals surface area contributed by atoms with E-state index < -0.39 is 0 Å². The number of nitrogens with zero attached hydrogens (tertiary/aromatic N) is 1. The maximum atomic E-state index is 11.4. The number of aromatic nitrogens is 1. The van der Waals surface area contributed by atoms with Crippen LogP contribution in [0.2, 0.25) is 0 Å². The molecule has 1 rings (SSSR count). The largest absolute Gasteiger partial charge is 0.384 e. The highest BCUT2D eigenvalue weighted by Gasteiger charge is 2.06. The molecule has 1 heterocycles. The van der Waals surface area contributed by atoms with Gasteiger partial charge in [0.05, 0.1) is 0 Å². The Balaban J connectivity index is 2.56. The summed E-state index contributed by atoms with van der Waals surface area (Å²) in [4.78, 5) is 15.2. The van der Waals surface area contributed by atoms with Crippen molar-refractivity contribution < 1.29 is 4.79 Å². The van der Waals surface area contributed by atoms with Gasteiger partial charge in [-0.15, -0.1) is 0 Å². The van der Waals surface area contributed by atoms with E-state index in [-0.39, 0.29) is 11.8 Å². The third-order valence-electron chi connectivity index (χ3n) is 1.80. The summed E-state index contributed by atoms with van der Waals surface area (Å²) >= 11 is 0. The quantitative estimate of drug-likeness (QED) is 0.730. The average molecular weight is 193 g/mol. The highest BCUT2D eigenvalue weighted by atomic mass is 16.1. The van der Waals surface area contributed by atoms with Crippen molar-refractivity contribution in [3.63, 3.8) is 0 Å². The maximum Gasteiger partial charge on any atom is 0.138 e. The molecule has 0 aromatic carbocycles. The Morgan fingerprint density at radius 1 is 1.64 bits per heavy atom. The topological polar surface area (TPSA) is 82.0 Å². The molecule has 0 saturated carbocycles. The van der Waals surface area contributed by atoms with Gasteiger partial charge in [-0.05, 0) is 24.6 Å². The molecule has 1 aromatic heterocycles. The third kappa shape index (κ3) is 3.53. The van der Waals surface area contributed by atoms with Crippen LogP contribution in [0, 0.1) is 0 Å². The Morgan fingerprint density at radius 3 is 2.93 bits per heavy atom. The fourth-order valence-electron chi connectivity index (χ4n) is 1.26. The molecule has 0 aliphatic rings. The molecule has 0 aliphatic heterocycles. The molecule has 4 nitrogen and oxygen atoms in total. The summed E-state index contributed by atoms with van der Waals surface area (Å²) in [5.74, 6) is 0.571. The predicted molar refractivity (Wildman–Crippen MR) is 55.6 cm³/mol. The van der Waals surface area contributed by atoms with E-state index in [1.54, 1.807) is 18.3 Å². The lowest BCUT2D eigenvalue weighted by Gasteiger charge is -2.04. The van der Waals surface area contributed by atoms with Gasteiger partial charge in [0.2, 0.25) is 0 Å². The first-order chi connectivity index (χ1) is 6.58. The molecule has 14 heavy (non-hydrogen) atoms. The van der Waals surface area contributed by atoms with E-state index in [0.29, 0.717) is 18.7 Å². The van der Waals surface area contributed by atoms with Crippen molar-refractivity contribution in [3.05, 3.63) is 23.9 Å². The minimum Gasteiger partial charge on any atom is -0.384 e. The molecule has 0 spiro atoms. The monoisotopic (exact) mass is 193 g/mol. The van der Waals surface area contributed by atoms with Gasteiger partial charge in [0.25, 0.3) is 0 Å². The van der Waals surface area contributed by atoms with Gasteiger partial charge in [-0.1, -0.05) is 0 Å². The van der Waals surface area contributed by atoms with Crippen LogP contribution in [-0.2, 0) is 11.2 Å². The third-order valence-corrected chi connectivity index (χ3v) is 1.80. The lowest BCUT2D eigenvalue weighted by molar-refractivity contribution is -0.118. The van der Waals surface area contributed by atoms with Crippen LogP contribution in [0.15, 0.2) is 18.3 Å². The number of nitrogens with two attached hydrogens (primary N) is 2. The van der Waals surface area contributed by atoms with Crippen molar-refractivity contribution in [3.8, 4) is 0 Å². The fourth-order valence-corrected chi connectivity index (χ4v) is 1.26. The van der Waals surface area contributed by atoms with Crippen LogP contribution in [0.1, 0.15) is 18.9 Å². The molecule has 4 N–H and O–H groups in total. The molecule has 76 valence electrons. The summed E-state index contributed by atoms with van der Waals surface area (Å²) in [5.41, 5.74) is 11.9. The van der Waals surface area contributed by atoms with Gasteiger partial charge in [-0.3, -0.25) is 4.79 Å². The highest BCUT2D eigenvalue weighted by Crippen LogP contribution is 2.05. The van der Waals surface area contributed by atoms with Crippen molar-refractivity contribution in [1.29, 1.82) is 0 Å². The van der Waals surface area contributed by atoms with Crippen molar-refractivity contribution in [2.45, 2.75) is 25.8 Å². The first-order valence-corrected chi connectivity index (χ1v) is 4.55. The summed E-state index contributed by atoms with van der Waals surface area (Å²) < 4.78 is 0. The summed E-state index contributed by atoms with van der Waals surface area (Å²) in [6, 6.07) is 3.41. The number of ketones is 1. The average Bonchev–Trinajstić information content (AvgIpc) is 2.01. The lowest BCUT2D eigenvalue weighted by atomic mass is 10.1. The molecule has 4 heteroatoms. The zero-order valence-electron chi connectivity index (χ0n) is 8.23. The molecular weight excluding hydrogens is 178 g/mol. The molecule has 1 atom stereocenters. The van der Waals surface area contributed by atoms with E-state index in [1.165, 1.54) is 0 Å². The van der Waals surface area contributed by atoms with Gasteiger partial charge in [-0.2, -0.15) is 0 Å². The molecule has 0 radical (unpaired) electrons. The molecule has 1 unspecified atom stereocenters. The Kier molecular flexibility index (Phi) is 3.59. The number of nitrogen functional groups attached to an aromatic ring is 1. The second-order valence-corrected chi connectivity index (χ2v) is 3.49. The van der Waals surface area contributed by atoms with Gasteiger partial charge in [0.1, 0.15) is 11.6 Å². The van der Waals surface area contributed by atoms with E-state index in [1.807, 2.05) is 6.92 Å². The number of hydrogen-bond donors (Lipinski definition) is 2. The summed E-state index contributed by atoms with van der Waals surface area (Å²) in [6.45, 7) is 1.82. The molecular formula is C10H15N3O. The maximum absolute atomic E-state index is 11.4. The minimum atomic E-state index is -0.0818. The first kappa shape index (κ1) is 10.7. The number of rotatable bonds is 4. The van der Waals surface area contributed by atoms with Crippen molar-refractivity contribution >= 4 is 11.6 Å². The SMILES string of the molecule is CC(N)CC(=O)Cc1ccnc(N)c1. The second kappa shape index (κ2) is 4.72. The minimum absolute atomic E-state index is 0.0818. The summed E-state index contributed by atoms with van der Waals surface area (Å²) in [5, 5.41) is 0. The summed E-state index contributed by atoms with van der Waals surface area (Å²) in [6.07, 6.45) is 2.39. The van der Waals surface area contributed by atoms with Gasteiger partial charge in [-0.25, -0.2) is 4.98 Å². The second-order valence-electron chi connectivity index (χ2n) is 3.49. The van der Waals surface area contributed by atoms with Gasteiger partial charge >= 0.3 is 0 Å². The van der Waals surface area contributed by atoms with Crippen molar-refractivity contribution in [1.82, 2.24) is 4.98 Å². The molecule has 1 aromatic rings. The number of anilines is 1. The van der Waals surface area contributed by atoms with Crippen LogP contribution >= 0.6 is 0 Å². The van der Waals surface area contributed by atoms with Gasteiger partial charge in [0.15, 0.2) is 0 Å². The molecule has 0 aliphatic carbocycles. The Morgan fingerprint density at radius 2 is 2.36 bits per heavy atom. The zero-order chi connectivity index (χ0) is 10.6. The number of pyridine rings is 1. The van der Waals surface area contributed by atoms with Gasteiger partial charge < -0.3 is 11.5 Å². The number of hydrogen-bond acceptors (Lipinski definition) is 4. The Bertz CT molecular complexity index is 323. The van der Waals surface area contributed by atoms with E-state index in [4.69, 9.17) is 11.5 Å². The fraction of sp³-hybridized carbons (Fsp3) is 0.400. The Hall–Kier alpha value is -1.42. The standard InChI is InChI=1S/C10H15N3O/c1-7(11)4-9(14)5-8-2-3-13-10(12)6-8/h2-3,6-7H,4-5,11H2,1H3,(H2,12,13). The van der Waals surface area contributed by atoms with Crippen LogP contribution in [0.4, 0.5) is 5.82 Å². The first-order valence-electron chi connectivity index (χ1n) is 4.55. The van der Waals surface area contributed by atoms with E-state index in [2.05, 4.69) is 4.98 Å². The number of Topliss-reactive ketones (excluding diaryl/α,β-unsaturated/α-hetero) is 1. The molecule has 0 fully saturated rings. The van der Waals surface area contributed by atoms with E-state index >= 15 is 0 Å². The normalized spacial score (nSPS) is 12.4. The number of carbonyl (C=O) groups is 1.